The van der Waals surface area contributed by atoms with Gasteiger partial charge in [-0.3, -0.25) is 14.5 Å². The smallest absolute Gasteiger partial charge is 0.251 e. The highest BCUT2D eigenvalue weighted by Crippen LogP contribution is 2.10. The van der Waals surface area contributed by atoms with Gasteiger partial charge >= 0.3 is 0 Å². The van der Waals surface area contributed by atoms with E-state index in [4.69, 9.17) is 0 Å². The van der Waals surface area contributed by atoms with Crippen LogP contribution in [0.25, 0.3) is 0 Å². The second kappa shape index (κ2) is 13.8. The number of benzene rings is 1. The van der Waals surface area contributed by atoms with Crippen molar-refractivity contribution in [1.82, 2.24) is 25.7 Å². The molecule has 1 amide bonds. The van der Waals surface area contributed by atoms with E-state index in [9.17, 15) is 9.90 Å². The average Bonchev–Trinajstić information content (AvgIpc) is 3.18. The van der Waals surface area contributed by atoms with Gasteiger partial charge in [0, 0.05) is 50.7 Å². The molecule has 4 N–H and O–H groups in total. The molecule has 154 valence electrons. The lowest BCUT2D eigenvalue weighted by Gasteiger charge is -2.11. The summed E-state index contributed by atoms with van der Waals surface area (Å²) in [5, 5.41) is 22.9. The van der Waals surface area contributed by atoms with Crippen molar-refractivity contribution in [2.75, 3.05) is 26.2 Å². The molecule has 0 saturated heterocycles. The Hall–Kier alpha value is -2.30. The highest BCUT2D eigenvalue weighted by Gasteiger charge is 2.05. The maximum Gasteiger partial charge on any atom is 0.251 e. The molecule has 0 bridgehead atoms. The SMILES string of the molecule is CCNC(=NCCCn1cccn1)NCCCNC(=O)c1cccc(O)c1.I. The summed E-state index contributed by atoms with van der Waals surface area (Å²) in [6, 6.07) is 8.22. The van der Waals surface area contributed by atoms with Crippen molar-refractivity contribution in [3.05, 3.63) is 48.3 Å². The number of hydrogen-bond acceptors (Lipinski definition) is 4. The fraction of sp³-hybridized carbons (Fsp3) is 0.421. The molecule has 1 aromatic heterocycles. The second-order valence-corrected chi connectivity index (χ2v) is 5.97. The first-order valence-electron chi connectivity index (χ1n) is 9.26. The second-order valence-electron chi connectivity index (χ2n) is 5.97. The molecule has 0 fully saturated rings. The fourth-order valence-electron chi connectivity index (χ4n) is 2.44. The van der Waals surface area contributed by atoms with E-state index < -0.39 is 0 Å². The molecule has 1 heterocycles. The van der Waals surface area contributed by atoms with Gasteiger partial charge < -0.3 is 21.1 Å². The maximum atomic E-state index is 12.0. The Balaban J connectivity index is 0.00000392. The van der Waals surface area contributed by atoms with Crippen molar-refractivity contribution in [2.24, 2.45) is 4.99 Å². The molecule has 0 radical (unpaired) electrons. The van der Waals surface area contributed by atoms with Crippen molar-refractivity contribution in [3.8, 4) is 5.75 Å². The number of aliphatic imine (C=N–C) groups is 1. The topological polar surface area (TPSA) is 104 Å². The number of nitrogens with zero attached hydrogens (tertiary/aromatic N) is 3. The lowest BCUT2D eigenvalue weighted by atomic mass is 10.2. The highest BCUT2D eigenvalue weighted by atomic mass is 127. The Morgan fingerprint density at radius 2 is 2.00 bits per heavy atom. The number of hydrogen-bond donors (Lipinski definition) is 4. The summed E-state index contributed by atoms with van der Waals surface area (Å²) in [6.07, 6.45) is 5.40. The molecule has 0 spiro atoms. The van der Waals surface area contributed by atoms with Crippen LogP contribution >= 0.6 is 24.0 Å². The van der Waals surface area contributed by atoms with Crippen molar-refractivity contribution < 1.29 is 9.90 Å². The number of aromatic hydroxyl groups is 1. The number of amides is 1. The number of phenolic OH excluding ortho intramolecular Hbond substituents is 1. The van der Waals surface area contributed by atoms with Gasteiger partial charge in [0.15, 0.2) is 5.96 Å². The Morgan fingerprint density at radius 1 is 1.18 bits per heavy atom. The van der Waals surface area contributed by atoms with Gasteiger partial charge in [-0.05, 0) is 44.0 Å². The number of rotatable bonds is 10. The molecule has 1 aromatic carbocycles. The molecule has 0 aliphatic carbocycles. The van der Waals surface area contributed by atoms with Crippen LogP contribution in [-0.2, 0) is 6.54 Å². The summed E-state index contributed by atoms with van der Waals surface area (Å²) in [5.41, 5.74) is 0.454. The first-order valence-corrected chi connectivity index (χ1v) is 9.26. The lowest BCUT2D eigenvalue weighted by Crippen LogP contribution is -2.39. The number of aryl methyl sites for hydroxylation is 1. The molecule has 0 saturated carbocycles. The van der Waals surface area contributed by atoms with Crippen molar-refractivity contribution >= 4 is 35.8 Å². The van der Waals surface area contributed by atoms with Crippen LogP contribution in [-0.4, -0.2) is 52.9 Å². The minimum absolute atomic E-state index is 0. The zero-order valence-corrected chi connectivity index (χ0v) is 18.4. The summed E-state index contributed by atoms with van der Waals surface area (Å²) in [4.78, 5) is 16.5. The van der Waals surface area contributed by atoms with Gasteiger partial charge in [0.1, 0.15) is 5.75 Å². The monoisotopic (exact) mass is 500 g/mol. The minimum Gasteiger partial charge on any atom is -0.508 e. The van der Waals surface area contributed by atoms with Crippen LogP contribution in [0, 0.1) is 0 Å². The number of guanidine groups is 1. The highest BCUT2D eigenvalue weighted by molar-refractivity contribution is 14.0. The van der Waals surface area contributed by atoms with E-state index in [2.05, 4.69) is 26.0 Å². The molecular weight excluding hydrogens is 471 g/mol. The molecule has 2 aromatic rings. The van der Waals surface area contributed by atoms with Crippen LogP contribution in [0.15, 0.2) is 47.7 Å². The zero-order valence-electron chi connectivity index (χ0n) is 16.1. The number of aromatic nitrogens is 2. The van der Waals surface area contributed by atoms with Crippen LogP contribution in [0.2, 0.25) is 0 Å². The number of phenols is 1. The third-order valence-electron chi connectivity index (χ3n) is 3.76. The summed E-state index contributed by atoms with van der Waals surface area (Å²) in [6.45, 7) is 5.61. The van der Waals surface area contributed by atoms with E-state index in [-0.39, 0.29) is 35.6 Å². The quantitative estimate of drug-likeness (QED) is 0.173. The van der Waals surface area contributed by atoms with E-state index in [1.165, 1.54) is 12.1 Å². The van der Waals surface area contributed by atoms with Gasteiger partial charge in [-0.1, -0.05) is 6.07 Å². The first kappa shape index (κ1) is 23.7. The van der Waals surface area contributed by atoms with Crippen LogP contribution < -0.4 is 16.0 Å². The molecule has 0 atom stereocenters. The Morgan fingerprint density at radius 3 is 2.71 bits per heavy atom. The third kappa shape index (κ3) is 9.07. The molecule has 28 heavy (non-hydrogen) atoms. The summed E-state index contributed by atoms with van der Waals surface area (Å²) in [5.74, 6) is 0.672. The average molecular weight is 500 g/mol. The lowest BCUT2D eigenvalue weighted by molar-refractivity contribution is 0.0953. The standard InChI is InChI=1S/C19H28N6O2.HI/c1-2-20-19(23-11-5-13-25-14-6-12-24-25)22-10-4-9-21-18(27)16-7-3-8-17(26)15-16;/h3,6-8,12,14-15,26H,2,4-5,9-11,13H2,1H3,(H,21,27)(H2,20,22,23);1H. The minimum atomic E-state index is -0.190. The largest absolute Gasteiger partial charge is 0.508 e. The van der Waals surface area contributed by atoms with Crippen molar-refractivity contribution in [3.63, 3.8) is 0 Å². The Bertz CT molecular complexity index is 721. The Kier molecular flexibility index (Phi) is 11.7. The number of carbonyl (C=O) groups is 1. The van der Waals surface area contributed by atoms with Crippen molar-refractivity contribution in [1.29, 1.82) is 0 Å². The van der Waals surface area contributed by atoms with Crippen LogP contribution in [0.1, 0.15) is 30.1 Å². The molecule has 0 aliphatic rings. The number of nitrogens with one attached hydrogen (secondary N) is 3. The predicted octanol–water partition coefficient (Wildman–Crippen LogP) is 1.97. The molecule has 0 unspecified atom stereocenters. The van der Waals surface area contributed by atoms with E-state index in [1.54, 1.807) is 18.3 Å². The van der Waals surface area contributed by atoms with Crippen LogP contribution in [0.5, 0.6) is 5.75 Å². The van der Waals surface area contributed by atoms with Gasteiger partial charge in [0.05, 0.1) is 0 Å². The van der Waals surface area contributed by atoms with Gasteiger partial charge in [-0.2, -0.15) is 5.10 Å². The number of halogens is 1. The molecule has 8 nitrogen and oxygen atoms in total. The van der Waals surface area contributed by atoms with Gasteiger partial charge in [0.2, 0.25) is 0 Å². The molecule has 2 rings (SSSR count). The zero-order chi connectivity index (χ0) is 19.3. The summed E-state index contributed by atoms with van der Waals surface area (Å²) < 4.78 is 1.89. The molecule has 0 aliphatic heterocycles. The van der Waals surface area contributed by atoms with Gasteiger partial charge in [0.25, 0.3) is 5.91 Å². The van der Waals surface area contributed by atoms with Gasteiger partial charge in [-0.25, -0.2) is 0 Å². The van der Waals surface area contributed by atoms with E-state index in [0.717, 1.165) is 31.9 Å². The first-order chi connectivity index (χ1) is 13.2. The van der Waals surface area contributed by atoms with Crippen molar-refractivity contribution in [2.45, 2.75) is 26.3 Å². The number of carbonyl (C=O) groups excluding carboxylic acids is 1. The predicted molar refractivity (Wildman–Crippen MR) is 121 cm³/mol. The van der Waals surface area contributed by atoms with E-state index in [0.29, 0.717) is 25.2 Å². The van der Waals surface area contributed by atoms with E-state index in [1.807, 2.05) is 23.9 Å². The fourth-order valence-corrected chi connectivity index (χ4v) is 2.44. The Labute approximate surface area is 182 Å². The van der Waals surface area contributed by atoms with Gasteiger partial charge in [-0.15, -0.1) is 24.0 Å². The third-order valence-corrected chi connectivity index (χ3v) is 3.76. The van der Waals surface area contributed by atoms with Crippen LogP contribution in [0.3, 0.4) is 0 Å². The summed E-state index contributed by atoms with van der Waals surface area (Å²) in [7, 11) is 0. The maximum absolute atomic E-state index is 12.0. The molecule has 9 heteroatoms. The molecular formula is C19H29IN6O2. The van der Waals surface area contributed by atoms with E-state index >= 15 is 0 Å². The summed E-state index contributed by atoms with van der Waals surface area (Å²) >= 11 is 0. The van der Waals surface area contributed by atoms with Crippen LogP contribution in [0.4, 0.5) is 0 Å². The normalized spacial score (nSPS) is 10.8.